The molecule has 0 saturated carbocycles. The molecule has 2 aliphatic rings. The number of aromatic nitrogens is 1. The van der Waals surface area contributed by atoms with Crippen molar-refractivity contribution in [2.24, 2.45) is 5.92 Å². The van der Waals surface area contributed by atoms with Crippen LogP contribution in [0.5, 0.6) is 11.5 Å². The van der Waals surface area contributed by atoms with Gasteiger partial charge in [-0.1, -0.05) is 35.3 Å². The molecule has 10 heteroatoms. The molecule has 40 heavy (non-hydrogen) atoms. The first-order valence-corrected chi connectivity index (χ1v) is 16.0. The van der Waals surface area contributed by atoms with Crippen molar-refractivity contribution in [3.8, 4) is 11.5 Å². The molecule has 2 aromatic carbocycles. The zero-order valence-electron chi connectivity index (χ0n) is 22.9. The quantitative estimate of drug-likeness (QED) is 0.294. The van der Waals surface area contributed by atoms with Gasteiger partial charge in [-0.2, -0.15) is 0 Å². The largest absolute Gasteiger partial charge is 0.492 e. The molecule has 1 N–H and O–H groups in total. The fourth-order valence-corrected chi connectivity index (χ4v) is 6.89. The van der Waals surface area contributed by atoms with Crippen LogP contribution in [0.25, 0.3) is 0 Å². The summed E-state index contributed by atoms with van der Waals surface area (Å²) in [5.41, 5.74) is 3.32. The molecule has 0 amide bonds. The van der Waals surface area contributed by atoms with Crippen LogP contribution in [-0.4, -0.2) is 45.0 Å². The number of benzene rings is 2. The van der Waals surface area contributed by atoms with E-state index in [2.05, 4.69) is 16.7 Å². The second kappa shape index (κ2) is 12.6. The van der Waals surface area contributed by atoms with Crippen LogP contribution in [0.15, 0.2) is 47.4 Å². The third-order valence-electron chi connectivity index (χ3n) is 7.71. The molecule has 1 aromatic heterocycles. The van der Waals surface area contributed by atoms with Gasteiger partial charge in [-0.3, -0.25) is 4.72 Å². The van der Waals surface area contributed by atoms with Gasteiger partial charge in [-0.15, -0.1) is 0 Å². The van der Waals surface area contributed by atoms with Crippen molar-refractivity contribution in [3.05, 3.63) is 74.9 Å². The third-order valence-corrected chi connectivity index (χ3v) is 9.91. The summed E-state index contributed by atoms with van der Waals surface area (Å²) >= 11 is 12.7. The molecule has 1 aliphatic heterocycles. The second-order valence-corrected chi connectivity index (χ2v) is 13.2. The molecule has 1 aliphatic carbocycles. The van der Waals surface area contributed by atoms with Crippen molar-refractivity contribution in [1.82, 2.24) is 9.88 Å². The van der Waals surface area contributed by atoms with Crippen LogP contribution in [-0.2, 0) is 29.5 Å². The number of sulfonamides is 1. The average Bonchev–Trinajstić information content (AvgIpc) is 2.94. The average molecular weight is 605 g/mol. The molecule has 1 saturated heterocycles. The Morgan fingerprint density at radius 2 is 1.77 bits per heavy atom. The number of nitrogens with zero attached hydrogens (tertiary/aromatic N) is 2. The molecule has 0 spiro atoms. The zero-order chi connectivity index (χ0) is 28.3. The lowest BCUT2D eigenvalue weighted by atomic mass is 9.96. The maximum absolute atomic E-state index is 13.4. The first kappa shape index (κ1) is 29.0. The van der Waals surface area contributed by atoms with Crippen LogP contribution < -0.4 is 14.2 Å². The van der Waals surface area contributed by atoms with E-state index in [1.165, 1.54) is 6.07 Å². The normalized spacial score (nSPS) is 16.4. The first-order valence-electron chi connectivity index (χ1n) is 13.7. The predicted molar refractivity (Wildman–Crippen MR) is 159 cm³/mol. The summed E-state index contributed by atoms with van der Waals surface area (Å²) in [4.78, 5) is 7.15. The Kier molecular flexibility index (Phi) is 9.10. The van der Waals surface area contributed by atoms with Gasteiger partial charge in [0.15, 0.2) is 11.6 Å². The molecule has 0 radical (unpaired) electrons. The van der Waals surface area contributed by atoms with Crippen LogP contribution in [0.3, 0.4) is 0 Å². The van der Waals surface area contributed by atoms with E-state index in [0.29, 0.717) is 39.6 Å². The Labute approximate surface area is 246 Å². The lowest BCUT2D eigenvalue weighted by Gasteiger charge is -2.28. The van der Waals surface area contributed by atoms with Gasteiger partial charge in [-0.25, -0.2) is 13.4 Å². The summed E-state index contributed by atoms with van der Waals surface area (Å²) in [5.74, 6) is 1.69. The number of anilines is 1. The van der Waals surface area contributed by atoms with Crippen LogP contribution in [0.2, 0.25) is 10.0 Å². The lowest BCUT2D eigenvalue weighted by Crippen LogP contribution is -2.32. The zero-order valence-corrected chi connectivity index (χ0v) is 25.2. The van der Waals surface area contributed by atoms with E-state index in [4.69, 9.17) is 37.7 Å². The second-order valence-electron chi connectivity index (χ2n) is 10.7. The number of hydrogen-bond acceptors (Lipinski definition) is 6. The number of likely N-dealkylation sites (tertiary alicyclic amines) is 1. The van der Waals surface area contributed by atoms with Gasteiger partial charge in [0, 0.05) is 10.7 Å². The van der Waals surface area contributed by atoms with Gasteiger partial charge in [0.1, 0.15) is 12.4 Å². The first-order chi connectivity index (χ1) is 19.2. The number of rotatable bonds is 9. The van der Waals surface area contributed by atoms with Gasteiger partial charge < -0.3 is 14.4 Å². The van der Waals surface area contributed by atoms with Crippen LogP contribution >= 0.6 is 23.2 Å². The molecule has 5 rings (SSSR count). The molecule has 214 valence electrons. The maximum atomic E-state index is 13.4. The molecule has 2 heterocycles. The Morgan fingerprint density at radius 3 is 2.58 bits per heavy atom. The standard InChI is InChI=1S/C30H35Cl2N3O4S/c1-20-24(31)7-5-9-29(20)40(36,37)34-30-28(17-23-6-3-4-8-26(23)33-30)39-19-22-10-11-25(32)27(16-22)38-18-21-12-14-35(2)15-13-21/h5,7,9-11,16-17,21H,3-4,6,8,12-15,18-19H2,1-2H3,(H,33,34). The maximum Gasteiger partial charge on any atom is 0.263 e. The highest BCUT2D eigenvalue weighted by Crippen LogP contribution is 2.34. The van der Waals surface area contributed by atoms with Gasteiger partial charge >= 0.3 is 0 Å². The van der Waals surface area contributed by atoms with E-state index in [1.54, 1.807) is 25.1 Å². The van der Waals surface area contributed by atoms with Gasteiger partial charge in [0.2, 0.25) is 0 Å². The van der Waals surface area contributed by atoms with Crippen molar-refractivity contribution in [2.75, 3.05) is 31.5 Å². The molecule has 0 unspecified atom stereocenters. The van der Waals surface area contributed by atoms with Crippen molar-refractivity contribution in [2.45, 2.75) is 57.0 Å². The van der Waals surface area contributed by atoms with Crippen LogP contribution in [0, 0.1) is 12.8 Å². The summed E-state index contributed by atoms with van der Waals surface area (Å²) in [6.45, 7) is 4.66. The van der Waals surface area contributed by atoms with E-state index in [-0.39, 0.29) is 17.3 Å². The minimum atomic E-state index is -3.95. The monoisotopic (exact) mass is 603 g/mol. The van der Waals surface area contributed by atoms with E-state index in [0.717, 1.165) is 68.4 Å². The van der Waals surface area contributed by atoms with Crippen molar-refractivity contribution >= 4 is 39.0 Å². The van der Waals surface area contributed by atoms with E-state index in [9.17, 15) is 8.42 Å². The molecule has 3 aromatic rings. The highest BCUT2D eigenvalue weighted by molar-refractivity contribution is 7.92. The number of nitrogens with one attached hydrogen (secondary N) is 1. The minimum Gasteiger partial charge on any atom is -0.492 e. The van der Waals surface area contributed by atoms with Crippen LogP contribution in [0.4, 0.5) is 5.82 Å². The van der Waals surface area contributed by atoms with E-state index in [1.807, 2.05) is 18.2 Å². The smallest absolute Gasteiger partial charge is 0.263 e. The summed E-state index contributed by atoms with van der Waals surface area (Å²) in [6.07, 6.45) is 5.98. The molecular weight excluding hydrogens is 569 g/mol. The predicted octanol–water partition coefficient (Wildman–Crippen LogP) is 6.68. The summed E-state index contributed by atoms with van der Waals surface area (Å²) in [5, 5.41) is 0.937. The molecule has 0 bridgehead atoms. The highest BCUT2D eigenvalue weighted by atomic mass is 35.5. The van der Waals surface area contributed by atoms with Crippen LogP contribution in [0.1, 0.15) is 48.1 Å². The molecular formula is C30H35Cl2N3O4S. The highest BCUT2D eigenvalue weighted by Gasteiger charge is 2.24. The number of aryl methyl sites for hydroxylation is 2. The molecule has 0 atom stereocenters. The fraction of sp³-hybridized carbons (Fsp3) is 0.433. The fourth-order valence-electron chi connectivity index (χ4n) is 5.20. The summed E-state index contributed by atoms with van der Waals surface area (Å²) < 4.78 is 41.7. The minimum absolute atomic E-state index is 0.106. The Bertz CT molecular complexity index is 1470. The number of pyridine rings is 1. The Hall–Kier alpha value is -2.52. The van der Waals surface area contributed by atoms with Gasteiger partial charge in [0.25, 0.3) is 10.0 Å². The van der Waals surface area contributed by atoms with Crippen molar-refractivity contribution in [1.29, 1.82) is 0 Å². The van der Waals surface area contributed by atoms with Crippen molar-refractivity contribution < 1.29 is 17.9 Å². The molecule has 7 nitrogen and oxygen atoms in total. The number of hydrogen-bond donors (Lipinski definition) is 1. The summed E-state index contributed by atoms with van der Waals surface area (Å²) in [6, 6.07) is 12.3. The number of halogens is 2. The lowest BCUT2D eigenvalue weighted by molar-refractivity contribution is 0.160. The topological polar surface area (TPSA) is 80.8 Å². The summed E-state index contributed by atoms with van der Waals surface area (Å²) in [7, 11) is -1.81. The van der Waals surface area contributed by atoms with E-state index < -0.39 is 10.0 Å². The number of ether oxygens (including phenoxy) is 2. The van der Waals surface area contributed by atoms with Gasteiger partial charge in [-0.05, 0) is 119 Å². The number of piperidine rings is 1. The van der Waals surface area contributed by atoms with Crippen molar-refractivity contribution in [3.63, 3.8) is 0 Å². The van der Waals surface area contributed by atoms with E-state index >= 15 is 0 Å². The Balaban J connectivity index is 1.35. The number of fused-ring (bicyclic) bond motifs is 1. The Morgan fingerprint density at radius 1 is 1.00 bits per heavy atom. The SMILES string of the molecule is Cc1c(Cl)cccc1S(=O)(=O)Nc1nc2c(cc1OCc1ccc(Cl)c(OCC3CCN(C)CC3)c1)CCCC2. The third kappa shape index (κ3) is 6.85. The molecule has 1 fully saturated rings. The van der Waals surface area contributed by atoms with Gasteiger partial charge in [0.05, 0.1) is 16.5 Å².